The summed E-state index contributed by atoms with van der Waals surface area (Å²) in [6.07, 6.45) is 2.18. The molecule has 1 aromatic carbocycles. The van der Waals surface area contributed by atoms with Crippen LogP contribution in [-0.4, -0.2) is 16.1 Å². The molecule has 0 bridgehead atoms. The highest BCUT2D eigenvalue weighted by Crippen LogP contribution is 2.41. The van der Waals surface area contributed by atoms with E-state index in [1.807, 2.05) is 12.1 Å². The average Bonchev–Trinajstić information content (AvgIpc) is 3.30. The second kappa shape index (κ2) is 5.19. The maximum absolute atomic E-state index is 11.4. The fraction of sp³-hybridized carbons (Fsp3) is 0.188. The van der Waals surface area contributed by atoms with Gasteiger partial charge < -0.3 is 5.11 Å². The highest BCUT2D eigenvalue weighted by atomic mass is 35.5. The predicted octanol–water partition coefficient (Wildman–Crippen LogP) is 3.85. The average molecular weight is 299 g/mol. The Morgan fingerprint density at radius 1 is 1.33 bits per heavy atom. The number of aromatic nitrogens is 1. The highest BCUT2D eigenvalue weighted by Gasteiger charge is 2.26. The first-order chi connectivity index (χ1) is 10.1. The van der Waals surface area contributed by atoms with Gasteiger partial charge in [0.25, 0.3) is 0 Å². The lowest BCUT2D eigenvalue weighted by Crippen LogP contribution is -2.01. The van der Waals surface area contributed by atoms with Crippen LogP contribution >= 0.6 is 11.6 Å². The standard InChI is InChI=1S/C16H11ClN2O2/c17-15-7-11(6-14(19-15)10-2-3-10)12-4-1-9(8-18)5-13(12)16(20)21/h1,4-7,10H,2-3H2,(H,20,21). The molecule has 0 saturated heterocycles. The van der Waals surface area contributed by atoms with E-state index in [9.17, 15) is 9.90 Å². The van der Waals surface area contributed by atoms with Crippen LogP contribution in [0.5, 0.6) is 0 Å². The van der Waals surface area contributed by atoms with Gasteiger partial charge in [0, 0.05) is 11.6 Å². The first-order valence-corrected chi connectivity index (χ1v) is 6.91. The van der Waals surface area contributed by atoms with Crippen molar-refractivity contribution in [2.24, 2.45) is 0 Å². The van der Waals surface area contributed by atoms with Crippen LogP contribution in [0.1, 0.15) is 40.4 Å². The summed E-state index contributed by atoms with van der Waals surface area (Å²) in [7, 11) is 0. The van der Waals surface area contributed by atoms with Gasteiger partial charge in [-0.05, 0) is 48.2 Å². The lowest BCUT2D eigenvalue weighted by atomic mass is 9.97. The molecule has 4 nitrogen and oxygen atoms in total. The van der Waals surface area contributed by atoms with Crippen molar-refractivity contribution in [1.82, 2.24) is 4.98 Å². The molecule has 0 aliphatic heterocycles. The van der Waals surface area contributed by atoms with Gasteiger partial charge in [0.05, 0.1) is 17.2 Å². The van der Waals surface area contributed by atoms with Gasteiger partial charge in [0.1, 0.15) is 5.15 Å². The molecule has 1 aromatic heterocycles. The normalized spacial score (nSPS) is 13.7. The topological polar surface area (TPSA) is 74.0 Å². The fourth-order valence-electron chi connectivity index (χ4n) is 2.30. The highest BCUT2D eigenvalue weighted by molar-refractivity contribution is 6.29. The van der Waals surface area contributed by atoms with E-state index < -0.39 is 5.97 Å². The van der Waals surface area contributed by atoms with Crippen molar-refractivity contribution in [1.29, 1.82) is 5.26 Å². The molecule has 1 aliphatic rings. The van der Waals surface area contributed by atoms with Crippen LogP contribution < -0.4 is 0 Å². The van der Waals surface area contributed by atoms with Crippen LogP contribution in [-0.2, 0) is 0 Å². The largest absolute Gasteiger partial charge is 0.478 e. The van der Waals surface area contributed by atoms with Crippen molar-refractivity contribution < 1.29 is 9.90 Å². The lowest BCUT2D eigenvalue weighted by molar-refractivity contribution is 0.0697. The molecular weight excluding hydrogens is 288 g/mol. The van der Waals surface area contributed by atoms with Crippen molar-refractivity contribution in [3.05, 3.63) is 52.3 Å². The summed E-state index contributed by atoms with van der Waals surface area (Å²) in [4.78, 5) is 15.7. The maximum atomic E-state index is 11.4. The number of carbonyl (C=O) groups is 1. The zero-order valence-corrected chi connectivity index (χ0v) is 11.8. The molecule has 2 aromatic rings. The number of carboxylic acid groups (broad SMARTS) is 1. The summed E-state index contributed by atoms with van der Waals surface area (Å²) in [6.45, 7) is 0. The Balaban J connectivity index is 2.16. The van der Waals surface area contributed by atoms with Crippen molar-refractivity contribution in [2.75, 3.05) is 0 Å². The van der Waals surface area contributed by atoms with Crippen molar-refractivity contribution >= 4 is 17.6 Å². The number of hydrogen-bond donors (Lipinski definition) is 1. The minimum atomic E-state index is -1.07. The summed E-state index contributed by atoms with van der Waals surface area (Å²) >= 11 is 6.05. The van der Waals surface area contributed by atoms with Gasteiger partial charge in [-0.3, -0.25) is 0 Å². The third-order valence-electron chi connectivity index (χ3n) is 3.50. The molecule has 1 heterocycles. The van der Waals surface area contributed by atoms with Gasteiger partial charge in [-0.15, -0.1) is 0 Å². The maximum Gasteiger partial charge on any atom is 0.336 e. The van der Waals surface area contributed by atoms with Crippen LogP contribution in [0.3, 0.4) is 0 Å². The number of aromatic carboxylic acids is 1. The molecule has 5 heteroatoms. The molecule has 1 aliphatic carbocycles. The summed E-state index contributed by atoms with van der Waals surface area (Å²) in [5, 5.41) is 18.6. The van der Waals surface area contributed by atoms with Gasteiger partial charge in [0.15, 0.2) is 0 Å². The molecule has 0 atom stereocenters. The molecule has 0 unspecified atom stereocenters. The molecule has 1 fully saturated rings. The van der Waals surface area contributed by atoms with Crippen molar-refractivity contribution in [3.63, 3.8) is 0 Å². The van der Waals surface area contributed by atoms with E-state index in [2.05, 4.69) is 4.98 Å². The zero-order chi connectivity index (χ0) is 15.0. The van der Waals surface area contributed by atoms with Crippen LogP contribution in [0, 0.1) is 11.3 Å². The zero-order valence-electron chi connectivity index (χ0n) is 11.0. The van der Waals surface area contributed by atoms with Crippen LogP contribution in [0.2, 0.25) is 5.15 Å². The van der Waals surface area contributed by atoms with E-state index in [4.69, 9.17) is 16.9 Å². The summed E-state index contributed by atoms with van der Waals surface area (Å²) in [6, 6.07) is 10.1. The van der Waals surface area contributed by atoms with E-state index in [0.29, 0.717) is 22.2 Å². The first kappa shape index (κ1) is 13.6. The molecule has 1 saturated carbocycles. The van der Waals surface area contributed by atoms with Gasteiger partial charge in [-0.1, -0.05) is 17.7 Å². The minimum Gasteiger partial charge on any atom is -0.478 e. The number of hydrogen-bond acceptors (Lipinski definition) is 3. The Morgan fingerprint density at radius 2 is 2.10 bits per heavy atom. The Morgan fingerprint density at radius 3 is 2.71 bits per heavy atom. The molecule has 0 spiro atoms. The van der Waals surface area contributed by atoms with E-state index in [-0.39, 0.29) is 5.56 Å². The van der Waals surface area contributed by atoms with E-state index in [1.165, 1.54) is 6.07 Å². The van der Waals surface area contributed by atoms with E-state index in [1.54, 1.807) is 18.2 Å². The van der Waals surface area contributed by atoms with Gasteiger partial charge in [-0.2, -0.15) is 5.26 Å². The Labute approximate surface area is 126 Å². The van der Waals surface area contributed by atoms with Crippen LogP contribution in [0.15, 0.2) is 30.3 Å². The lowest BCUT2D eigenvalue weighted by Gasteiger charge is -2.09. The number of pyridine rings is 1. The van der Waals surface area contributed by atoms with Crippen molar-refractivity contribution in [3.8, 4) is 17.2 Å². The molecular formula is C16H11ClN2O2. The van der Waals surface area contributed by atoms with Gasteiger partial charge in [0.2, 0.25) is 0 Å². The van der Waals surface area contributed by atoms with Gasteiger partial charge in [-0.25, -0.2) is 9.78 Å². The summed E-state index contributed by atoms with van der Waals surface area (Å²) in [5.74, 6) is -0.642. The Kier molecular flexibility index (Phi) is 3.36. The third kappa shape index (κ3) is 2.74. The Hall–Kier alpha value is -2.38. The smallest absolute Gasteiger partial charge is 0.336 e. The number of halogens is 1. The monoisotopic (exact) mass is 298 g/mol. The number of nitrogens with zero attached hydrogens (tertiary/aromatic N) is 2. The minimum absolute atomic E-state index is 0.0954. The SMILES string of the molecule is N#Cc1ccc(-c2cc(Cl)nc(C3CC3)c2)c(C(=O)O)c1. The third-order valence-corrected chi connectivity index (χ3v) is 3.69. The second-order valence-corrected chi connectivity index (χ2v) is 5.44. The van der Waals surface area contributed by atoms with E-state index in [0.717, 1.165) is 24.1 Å². The van der Waals surface area contributed by atoms with E-state index >= 15 is 0 Å². The number of rotatable bonds is 3. The van der Waals surface area contributed by atoms with Crippen LogP contribution in [0.25, 0.3) is 11.1 Å². The number of carboxylic acids is 1. The molecule has 21 heavy (non-hydrogen) atoms. The molecule has 0 radical (unpaired) electrons. The van der Waals surface area contributed by atoms with Gasteiger partial charge >= 0.3 is 5.97 Å². The fourth-order valence-corrected chi connectivity index (χ4v) is 2.52. The first-order valence-electron chi connectivity index (χ1n) is 6.54. The molecule has 104 valence electrons. The number of nitriles is 1. The van der Waals surface area contributed by atoms with Crippen molar-refractivity contribution in [2.45, 2.75) is 18.8 Å². The molecule has 3 rings (SSSR count). The predicted molar refractivity (Wildman–Crippen MR) is 78.3 cm³/mol. The van der Waals surface area contributed by atoms with Crippen LogP contribution in [0.4, 0.5) is 0 Å². The summed E-state index contributed by atoms with van der Waals surface area (Å²) < 4.78 is 0. The molecule has 0 amide bonds. The number of benzene rings is 1. The second-order valence-electron chi connectivity index (χ2n) is 5.06. The Bertz CT molecular complexity index is 776. The molecule has 1 N–H and O–H groups in total. The quantitative estimate of drug-likeness (QED) is 0.873. The summed E-state index contributed by atoms with van der Waals surface area (Å²) in [5.41, 5.74) is 2.58.